The molecule has 0 spiro atoms. The van der Waals surface area contributed by atoms with E-state index in [1.54, 1.807) is 0 Å². The third-order valence-corrected chi connectivity index (χ3v) is 9.73. The fraction of sp³-hybridized carbons (Fsp3) is 0.529. The van der Waals surface area contributed by atoms with E-state index in [1.165, 1.54) is 6.42 Å². The second-order valence-corrected chi connectivity index (χ2v) is 12.7. The van der Waals surface area contributed by atoms with Crippen molar-refractivity contribution in [3.05, 3.63) is 71.9 Å². The van der Waals surface area contributed by atoms with Gasteiger partial charge >= 0.3 is 0 Å². The number of benzene rings is 2. The highest BCUT2D eigenvalue weighted by Gasteiger charge is 2.41. The van der Waals surface area contributed by atoms with Gasteiger partial charge in [-0.2, -0.15) is 0 Å². The molecule has 43 heavy (non-hydrogen) atoms. The Balaban J connectivity index is 1.33. The quantitative estimate of drug-likeness (QED) is 0.263. The van der Waals surface area contributed by atoms with Crippen LogP contribution in [0.4, 0.5) is 0 Å². The van der Waals surface area contributed by atoms with E-state index in [0.29, 0.717) is 38.1 Å². The number of carbonyl (C=O) groups excluding carboxylic acids is 2. The molecule has 3 aliphatic rings. The van der Waals surface area contributed by atoms with E-state index in [2.05, 4.69) is 20.9 Å². The number of aromatic nitrogens is 1. The van der Waals surface area contributed by atoms with Crippen molar-refractivity contribution in [3.63, 3.8) is 0 Å². The van der Waals surface area contributed by atoms with Crippen molar-refractivity contribution in [2.75, 3.05) is 6.54 Å². The van der Waals surface area contributed by atoms with Crippen LogP contribution in [0.15, 0.2) is 60.8 Å². The molecule has 2 aliphatic heterocycles. The van der Waals surface area contributed by atoms with Crippen molar-refractivity contribution in [2.45, 2.75) is 101 Å². The van der Waals surface area contributed by atoms with Crippen LogP contribution in [0.5, 0.6) is 0 Å². The topological polar surface area (TPSA) is 130 Å². The molecule has 9 nitrogen and oxygen atoms in total. The number of aromatic amines is 1. The molecule has 3 aromatic rings. The maximum atomic E-state index is 14.1. The number of para-hydroxylation sites is 1. The predicted molar refractivity (Wildman–Crippen MR) is 166 cm³/mol. The summed E-state index contributed by atoms with van der Waals surface area (Å²) in [4.78, 5) is 33.0. The molecule has 6 rings (SSSR count). The Labute approximate surface area is 253 Å². The summed E-state index contributed by atoms with van der Waals surface area (Å²) in [7, 11) is 0. The number of fused-ring (bicyclic) bond motifs is 2. The molecule has 1 saturated carbocycles. The molecule has 2 amide bonds. The summed E-state index contributed by atoms with van der Waals surface area (Å²) in [5.41, 5.74) is 2.91. The number of H-pyrrole nitrogens is 1. The van der Waals surface area contributed by atoms with Crippen LogP contribution >= 0.6 is 0 Å². The summed E-state index contributed by atoms with van der Waals surface area (Å²) in [6, 6.07) is 15.2. The predicted octanol–water partition coefficient (Wildman–Crippen LogP) is 2.97. The van der Waals surface area contributed by atoms with Gasteiger partial charge in [0.05, 0.1) is 24.2 Å². The van der Waals surface area contributed by atoms with Crippen molar-refractivity contribution in [2.24, 2.45) is 5.92 Å². The lowest BCUT2D eigenvalue weighted by atomic mass is 9.84. The minimum atomic E-state index is -1.11. The normalized spacial score (nSPS) is 29.8. The fourth-order valence-corrected chi connectivity index (χ4v) is 7.40. The number of carbonyl (C=O) groups is 2. The first-order valence-corrected chi connectivity index (χ1v) is 16.0. The highest BCUT2D eigenvalue weighted by molar-refractivity contribution is 5.86. The van der Waals surface area contributed by atoms with Crippen LogP contribution in [0.25, 0.3) is 10.9 Å². The molecule has 2 saturated heterocycles. The Morgan fingerprint density at radius 1 is 0.791 bits per heavy atom. The maximum Gasteiger partial charge on any atom is 0.237 e. The first kappa shape index (κ1) is 29.8. The van der Waals surface area contributed by atoms with E-state index in [1.807, 2.05) is 65.7 Å². The first-order valence-electron chi connectivity index (χ1n) is 16.0. The molecular formula is C34H45N5O4. The van der Waals surface area contributed by atoms with Crippen molar-refractivity contribution < 1.29 is 19.8 Å². The summed E-state index contributed by atoms with van der Waals surface area (Å²) in [6.45, 7) is 0.563. The van der Waals surface area contributed by atoms with Gasteiger partial charge in [-0.1, -0.05) is 80.6 Å². The van der Waals surface area contributed by atoms with Crippen LogP contribution in [-0.2, 0) is 22.4 Å². The van der Waals surface area contributed by atoms with Crippen LogP contribution in [0.1, 0.15) is 62.5 Å². The van der Waals surface area contributed by atoms with Crippen LogP contribution < -0.4 is 16.0 Å². The van der Waals surface area contributed by atoms with Crippen molar-refractivity contribution in [1.82, 2.24) is 25.8 Å². The van der Waals surface area contributed by atoms with Crippen LogP contribution in [0.2, 0.25) is 0 Å². The molecule has 0 bridgehead atoms. The molecule has 6 N–H and O–H groups in total. The molecule has 3 fully saturated rings. The van der Waals surface area contributed by atoms with Gasteiger partial charge in [0.1, 0.15) is 12.5 Å². The Morgan fingerprint density at radius 2 is 1.53 bits per heavy atom. The molecule has 2 aromatic carbocycles. The number of aliphatic hydroxyl groups excluding tert-OH is 2. The van der Waals surface area contributed by atoms with E-state index in [4.69, 9.17) is 0 Å². The summed E-state index contributed by atoms with van der Waals surface area (Å²) in [6.07, 6.45) is 8.23. The molecule has 6 atom stereocenters. The van der Waals surface area contributed by atoms with Crippen LogP contribution in [-0.4, -0.2) is 75.1 Å². The van der Waals surface area contributed by atoms with Gasteiger partial charge in [-0.25, -0.2) is 0 Å². The lowest BCUT2D eigenvalue weighted by Crippen LogP contribution is -2.64. The van der Waals surface area contributed by atoms with Crippen molar-refractivity contribution in [3.8, 4) is 0 Å². The van der Waals surface area contributed by atoms with Crippen molar-refractivity contribution in [1.29, 1.82) is 0 Å². The zero-order valence-electron chi connectivity index (χ0n) is 24.8. The molecule has 1 aliphatic carbocycles. The molecule has 3 heterocycles. The largest absolute Gasteiger partial charge is 0.376 e. The SMILES string of the molecule is O=C1N[C@@H](CC2CCCCC2)C(O)N[C@H](Cc2c[nH]c3ccccc23)C(=O)N[C@@H](Cc2ccccc2)C(O)N2CCC[C@H]12. The maximum absolute atomic E-state index is 14.1. The number of aliphatic hydroxyl groups is 2. The minimum absolute atomic E-state index is 0.170. The summed E-state index contributed by atoms with van der Waals surface area (Å²) < 4.78 is 0. The molecular weight excluding hydrogens is 542 g/mol. The monoisotopic (exact) mass is 587 g/mol. The van der Waals surface area contributed by atoms with Crippen LogP contribution in [0, 0.1) is 5.92 Å². The molecule has 0 radical (unpaired) electrons. The minimum Gasteiger partial charge on any atom is -0.376 e. The molecule has 1 aromatic heterocycles. The van der Waals surface area contributed by atoms with Gasteiger partial charge in [-0.05, 0) is 55.2 Å². The summed E-state index contributed by atoms with van der Waals surface area (Å²) >= 11 is 0. The second kappa shape index (κ2) is 13.6. The Hall–Kier alpha value is -3.24. The van der Waals surface area contributed by atoms with Gasteiger partial charge in [0.25, 0.3) is 0 Å². The number of nitrogens with zero attached hydrogens (tertiary/aromatic N) is 1. The average Bonchev–Trinajstić information content (AvgIpc) is 3.68. The second-order valence-electron chi connectivity index (χ2n) is 12.7. The van der Waals surface area contributed by atoms with Crippen LogP contribution in [0.3, 0.4) is 0 Å². The van der Waals surface area contributed by atoms with Gasteiger partial charge in [0, 0.05) is 23.6 Å². The molecule has 9 heteroatoms. The van der Waals surface area contributed by atoms with E-state index in [-0.39, 0.29) is 11.8 Å². The first-order chi connectivity index (χ1) is 21.0. The summed E-state index contributed by atoms with van der Waals surface area (Å²) in [5, 5.41) is 33.9. The highest BCUT2D eigenvalue weighted by Crippen LogP contribution is 2.29. The van der Waals surface area contributed by atoms with Gasteiger partial charge in [0.15, 0.2) is 0 Å². The number of rotatable bonds is 6. The standard InChI is InChI=1S/C34H45N5O4/c40-31-27(18-22-10-3-1-4-11-22)37-33(42)30-16-9-17-39(30)34(43)29(19-23-12-5-2-6-13-23)38-32(41)28(36-31)20-24-21-35-26-15-8-7-14-25(24)26/h2,5-8,12-15,21-22,27-31,34-36,40,43H,1,3-4,9-11,16-20H2,(H,37,42)(H,38,41)/t27-,28+,29-,30+,31?,34?/m0/s1. The van der Waals surface area contributed by atoms with Gasteiger partial charge in [0.2, 0.25) is 11.8 Å². The average molecular weight is 588 g/mol. The van der Waals surface area contributed by atoms with E-state index < -0.39 is 36.6 Å². The Kier molecular flexibility index (Phi) is 9.43. The van der Waals surface area contributed by atoms with Gasteiger partial charge < -0.3 is 25.8 Å². The van der Waals surface area contributed by atoms with Crippen molar-refractivity contribution >= 4 is 22.7 Å². The zero-order chi connectivity index (χ0) is 29.8. The molecule has 230 valence electrons. The van der Waals surface area contributed by atoms with Gasteiger partial charge in [-0.3, -0.25) is 19.8 Å². The van der Waals surface area contributed by atoms with Gasteiger partial charge in [-0.15, -0.1) is 0 Å². The number of nitrogens with one attached hydrogen (secondary N) is 4. The highest BCUT2D eigenvalue weighted by atomic mass is 16.3. The smallest absolute Gasteiger partial charge is 0.237 e. The molecule has 2 unspecified atom stereocenters. The lowest BCUT2D eigenvalue weighted by molar-refractivity contribution is -0.136. The van der Waals surface area contributed by atoms with E-state index in [9.17, 15) is 19.8 Å². The summed E-state index contributed by atoms with van der Waals surface area (Å²) in [5.74, 6) is -0.0510. The third-order valence-electron chi connectivity index (χ3n) is 9.73. The third kappa shape index (κ3) is 6.96. The zero-order valence-corrected chi connectivity index (χ0v) is 24.8. The Bertz CT molecular complexity index is 1370. The van der Waals surface area contributed by atoms with E-state index in [0.717, 1.165) is 54.1 Å². The van der Waals surface area contributed by atoms with E-state index >= 15 is 0 Å². The number of hydrogen-bond donors (Lipinski definition) is 6. The fourth-order valence-electron chi connectivity index (χ4n) is 7.40. The lowest BCUT2D eigenvalue weighted by Gasteiger charge is -2.38. The Morgan fingerprint density at radius 3 is 2.35 bits per heavy atom. The number of hydrogen-bond acceptors (Lipinski definition) is 6. The number of amides is 2.